The van der Waals surface area contributed by atoms with Crippen molar-refractivity contribution < 1.29 is 0 Å². The zero-order chi connectivity index (χ0) is 12.3. The van der Waals surface area contributed by atoms with Crippen molar-refractivity contribution in [1.29, 1.82) is 0 Å². The van der Waals surface area contributed by atoms with Crippen LogP contribution in [-0.4, -0.2) is 14.3 Å². The van der Waals surface area contributed by atoms with E-state index in [1.54, 1.807) is 33.9 Å². The molecular weight excluding hydrogens is 240 g/mol. The van der Waals surface area contributed by atoms with E-state index >= 15 is 0 Å². The minimum Gasteiger partial charge on any atom is -0.398 e. The Kier molecular flexibility index (Phi) is 3.49. The summed E-state index contributed by atoms with van der Waals surface area (Å²) in [5.74, 6) is 0. The van der Waals surface area contributed by atoms with Crippen LogP contribution in [0, 0.1) is 0 Å². The second-order valence-electron chi connectivity index (χ2n) is 3.77. The molecule has 0 amide bonds. The van der Waals surface area contributed by atoms with Crippen LogP contribution in [0.25, 0.3) is 0 Å². The van der Waals surface area contributed by atoms with Crippen LogP contribution >= 0.6 is 11.6 Å². The van der Waals surface area contributed by atoms with E-state index in [1.165, 1.54) is 6.07 Å². The fourth-order valence-electron chi connectivity index (χ4n) is 1.59. The molecule has 0 spiro atoms. The van der Waals surface area contributed by atoms with Crippen LogP contribution in [0.2, 0.25) is 5.02 Å². The van der Waals surface area contributed by atoms with Crippen molar-refractivity contribution in [1.82, 2.24) is 14.3 Å². The zero-order valence-electron chi connectivity index (χ0n) is 9.21. The van der Waals surface area contributed by atoms with Crippen LogP contribution in [0.1, 0.15) is 6.42 Å². The maximum atomic E-state index is 11.5. The van der Waals surface area contributed by atoms with Gasteiger partial charge >= 0.3 is 0 Å². The van der Waals surface area contributed by atoms with Crippen molar-refractivity contribution in [2.45, 2.75) is 19.5 Å². The number of aromatic nitrogens is 3. The van der Waals surface area contributed by atoms with E-state index in [9.17, 15) is 4.79 Å². The topological polar surface area (TPSA) is 65.8 Å². The first-order valence-corrected chi connectivity index (χ1v) is 5.67. The highest BCUT2D eigenvalue weighted by Crippen LogP contribution is 2.05. The van der Waals surface area contributed by atoms with Crippen LogP contribution in [0.15, 0.2) is 35.5 Å². The summed E-state index contributed by atoms with van der Waals surface area (Å²) in [7, 11) is 0. The number of pyridine rings is 1. The molecule has 2 aromatic heterocycles. The summed E-state index contributed by atoms with van der Waals surface area (Å²) in [6.07, 6.45) is 5.79. The number of nitrogens with two attached hydrogens (primary N) is 1. The van der Waals surface area contributed by atoms with Gasteiger partial charge in [-0.1, -0.05) is 11.6 Å². The van der Waals surface area contributed by atoms with Gasteiger partial charge in [0.2, 0.25) is 0 Å². The molecule has 5 nitrogen and oxygen atoms in total. The van der Waals surface area contributed by atoms with Gasteiger partial charge in [-0.2, -0.15) is 5.10 Å². The molecular formula is C11H13ClN4O. The lowest BCUT2D eigenvalue weighted by atomic mass is 10.3. The smallest absolute Gasteiger partial charge is 0.250 e. The molecule has 2 N–H and O–H groups in total. The summed E-state index contributed by atoms with van der Waals surface area (Å²) in [6, 6.07) is 3.08. The van der Waals surface area contributed by atoms with Gasteiger partial charge in [-0.05, 0) is 12.5 Å². The van der Waals surface area contributed by atoms with Crippen LogP contribution in [0.3, 0.4) is 0 Å². The van der Waals surface area contributed by atoms with Gasteiger partial charge < -0.3 is 10.3 Å². The number of nitrogen functional groups attached to an aromatic ring is 1. The molecule has 2 rings (SSSR count). The van der Waals surface area contributed by atoms with Gasteiger partial charge in [0.1, 0.15) is 0 Å². The predicted molar refractivity (Wildman–Crippen MR) is 67.0 cm³/mol. The molecule has 2 aromatic rings. The second-order valence-corrected chi connectivity index (χ2v) is 4.21. The maximum absolute atomic E-state index is 11.5. The molecule has 2 heterocycles. The zero-order valence-corrected chi connectivity index (χ0v) is 9.97. The minimum absolute atomic E-state index is 0.0438. The fourth-order valence-corrected chi connectivity index (χ4v) is 1.74. The number of nitrogens with zero attached hydrogens (tertiary/aromatic N) is 3. The Bertz CT molecular complexity index is 561. The Labute approximate surface area is 103 Å². The Morgan fingerprint density at radius 1 is 1.29 bits per heavy atom. The van der Waals surface area contributed by atoms with E-state index in [2.05, 4.69) is 5.10 Å². The normalized spacial score (nSPS) is 10.6. The van der Waals surface area contributed by atoms with Crippen molar-refractivity contribution in [2.75, 3.05) is 5.73 Å². The van der Waals surface area contributed by atoms with E-state index in [0.717, 1.165) is 6.42 Å². The summed E-state index contributed by atoms with van der Waals surface area (Å²) >= 11 is 5.75. The lowest BCUT2D eigenvalue weighted by molar-refractivity contribution is 0.520. The highest BCUT2D eigenvalue weighted by molar-refractivity contribution is 6.30. The Morgan fingerprint density at radius 2 is 2.12 bits per heavy atom. The van der Waals surface area contributed by atoms with Crippen LogP contribution in [0.5, 0.6) is 0 Å². The quantitative estimate of drug-likeness (QED) is 0.894. The van der Waals surface area contributed by atoms with E-state index in [4.69, 9.17) is 17.3 Å². The SMILES string of the molecule is Nc1ccc(=O)n(CCCn2cc(Cl)cn2)c1. The largest absolute Gasteiger partial charge is 0.398 e. The Balaban J connectivity index is 1.94. The first-order chi connectivity index (χ1) is 8.15. The molecule has 0 radical (unpaired) electrons. The third kappa shape index (κ3) is 3.10. The molecule has 0 aliphatic carbocycles. The third-order valence-electron chi connectivity index (χ3n) is 2.39. The van der Waals surface area contributed by atoms with Crippen LogP contribution in [0.4, 0.5) is 5.69 Å². The molecule has 0 aromatic carbocycles. The molecule has 0 aliphatic heterocycles. The molecule has 0 fully saturated rings. The number of halogens is 1. The Hall–Kier alpha value is -1.75. The van der Waals surface area contributed by atoms with Gasteiger partial charge in [-0.25, -0.2) is 0 Å². The average molecular weight is 253 g/mol. The second kappa shape index (κ2) is 5.05. The summed E-state index contributed by atoms with van der Waals surface area (Å²) in [5.41, 5.74) is 6.16. The van der Waals surface area contributed by atoms with Crippen molar-refractivity contribution in [3.63, 3.8) is 0 Å². The van der Waals surface area contributed by atoms with Gasteiger partial charge in [-0.15, -0.1) is 0 Å². The molecule has 0 unspecified atom stereocenters. The van der Waals surface area contributed by atoms with Crippen molar-refractivity contribution in [2.24, 2.45) is 0 Å². The molecule has 0 saturated carbocycles. The minimum atomic E-state index is -0.0438. The van der Waals surface area contributed by atoms with E-state index in [0.29, 0.717) is 23.8 Å². The summed E-state index contributed by atoms with van der Waals surface area (Å²) in [5, 5.41) is 4.68. The van der Waals surface area contributed by atoms with Crippen molar-refractivity contribution >= 4 is 17.3 Å². The maximum Gasteiger partial charge on any atom is 0.250 e. The average Bonchev–Trinajstić information content (AvgIpc) is 2.69. The van der Waals surface area contributed by atoms with Crippen LogP contribution in [-0.2, 0) is 13.1 Å². The monoisotopic (exact) mass is 252 g/mol. The van der Waals surface area contributed by atoms with Gasteiger partial charge in [0.05, 0.1) is 11.2 Å². The molecule has 90 valence electrons. The van der Waals surface area contributed by atoms with Gasteiger partial charge in [-0.3, -0.25) is 9.48 Å². The molecule has 0 aliphatic rings. The first kappa shape index (κ1) is 11.7. The number of hydrogen-bond acceptors (Lipinski definition) is 3. The van der Waals surface area contributed by atoms with Crippen molar-refractivity contribution in [3.05, 3.63) is 46.1 Å². The summed E-state index contributed by atoms with van der Waals surface area (Å²) < 4.78 is 3.35. The number of hydrogen-bond donors (Lipinski definition) is 1. The lowest BCUT2D eigenvalue weighted by Crippen LogP contribution is -2.19. The standard InChI is InChI=1S/C11H13ClN4O/c12-9-6-14-16(7-9)5-1-4-15-8-10(13)2-3-11(15)17/h2-3,6-8H,1,4-5,13H2. The number of rotatable bonds is 4. The van der Waals surface area contributed by atoms with Crippen molar-refractivity contribution in [3.8, 4) is 0 Å². The molecule has 0 atom stereocenters. The third-order valence-corrected chi connectivity index (χ3v) is 2.59. The highest BCUT2D eigenvalue weighted by atomic mass is 35.5. The predicted octanol–water partition coefficient (Wildman–Crippen LogP) is 1.37. The number of anilines is 1. The molecule has 17 heavy (non-hydrogen) atoms. The lowest BCUT2D eigenvalue weighted by Gasteiger charge is -2.06. The fraction of sp³-hybridized carbons (Fsp3) is 0.273. The summed E-state index contributed by atoms with van der Waals surface area (Å²) in [6.45, 7) is 1.33. The van der Waals surface area contributed by atoms with E-state index < -0.39 is 0 Å². The molecule has 0 saturated heterocycles. The van der Waals surface area contributed by atoms with E-state index in [-0.39, 0.29) is 5.56 Å². The first-order valence-electron chi connectivity index (χ1n) is 5.29. The Morgan fingerprint density at radius 3 is 2.82 bits per heavy atom. The summed E-state index contributed by atoms with van der Waals surface area (Å²) in [4.78, 5) is 11.5. The molecule has 0 bridgehead atoms. The van der Waals surface area contributed by atoms with Crippen LogP contribution < -0.4 is 11.3 Å². The number of aryl methyl sites for hydroxylation is 2. The van der Waals surface area contributed by atoms with Gasteiger partial charge in [0.25, 0.3) is 5.56 Å². The van der Waals surface area contributed by atoms with Gasteiger partial charge in [0.15, 0.2) is 0 Å². The van der Waals surface area contributed by atoms with E-state index in [1.807, 2.05) is 0 Å². The highest BCUT2D eigenvalue weighted by Gasteiger charge is 1.98. The molecule has 6 heteroatoms. The van der Waals surface area contributed by atoms with Gasteiger partial charge in [0, 0.05) is 37.2 Å².